The van der Waals surface area contributed by atoms with E-state index in [1.807, 2.05) is 6.07 Å². The van der Waals surface area contributed by atoms with Gasteiger partial charge >= 0.3 is 0 Å². The summed E-state index contributed by atoms with van der Waals surface area (Å²) >= 11 is 0. The van der Waals surface area contributed by atoms with Crippen molar-refractivity contribution in [2.24, 2.45) is 11.3 Å². The lowest BCUT2D eigenvalue weighted by Gasteiger charge is -2.34. The van der Waals surface area contributed by atoms with Crippen molar-refractivity contribution < 1.29 is 17.9 Å². The smallest absolute Gasteiger partial charge is 0.268 e. The summed E-state index contributed by atoms with van der Waals surface area (Å²) in [6, 6.07) is 5.13. The van der Waals surface area contributed by atoms with E-state index in [1.54, 1.807) is 34.6 Å². The van der Waals surface area contributed by atoms with E-state index in [1.165, 1.54) is 19.0 Å². The number of sulfonamides is 1. The van der Waals surface area contributed by atoms with Crippen molar-refractivity contribution in [1.82, 2.24) is 29.3 Å². The molecule has 0 aromatic carbocycles. The van der Waals surface area contributed by atoms with Crippen LogP contribution < -0.4 is 14.4 Å². The number of aromatic nitrogens is 5. The van der Waals surface area contributed by atoms with E-state index in [2.05, 4.69) is 40.6 Å². The van der Waals surface area contributed by atoms with Gasteiger partial charge in [-0.3, -0.25) is 9.48 Å². The third-order valence-electron chi connectivity index (χ3n) is 8.99. The maximum Gasteiger partial charge on any atom is 0.268 e. The number of carbonyl (C=O) groups excluding carboxylic acids is 1. The van der Waals surface area contributed by atoms with Gasteiger partial charge in [-0.25, -0.2) is 22.8 Å². The van der Waals surface area contributed by atoms with Crippen LogP contribution in [0.4, 0.5) is 5.82 Å². The highest BCUT2D eigenvalue weighted by molar-refractivity contribution is 7.90. The number of nitrogens with one attached hydrogen (secondary N) is 1. The van der Waals surface area contributed by atoms with Crippen LogP contribution in [0.3, 0.4) is 0 Å². The van der Waals surface area contributed by atoms with Gasteiger partial charge in [-0.2, -0.15) is 5.10 Å². The number of hydrogen-bond acceptors (Lipinski definition) is 8. The maximum atomic E-state index is 13.6. The van der Waals surface area contributed by atoms with Gasteiger partial charge in [0.05, 0.1) is 24.1 Å². The number of nitrogens with zero attached hydrogens (tertiary/aromatic N) is 6. The van der Waals surface area contributed by atoms with Crippen molar-refractivity contribution in [3.05, 3.63) is 41.9 Å². The van der Waals surface area contributed by atoms with Crippen LogP contribution >= 0.6 is 0 Å². The van der Waals surface area contributed by atoms with Crippen molar-refractivity contribution in [1.29, 1.82) is 0 Å². The molecule has 1 saturated carbocycles. The van der Waals surface area contributed by atoms with E-state index in [9.17, 15) is 13.2 Å². The minimum absolute atomic E-state index is 0.00811. The van der Waals surface area contributed by atoms with E-state index in [-0.39, 0.29) is 16.0 Å². The summed E-state index contributed by atoms with van der Waals surface area (Å²) in [7, 11) is -4.14. The molecule has 6 rings (SSSR count). The van der Waals surface area contributed by atoms with Crippen LogP contribution in [-0.4, -0.2) is 57.6 Å². The molecule has 3 aromatic rings. The van der Waals surface area contributed by atoms with Crippen LogP contribution in [0.15, 0.2) is 35.5 Å². The fourth-order valence-corrected chi connectivity index (χ4v) is 7.27. The van der Waals surface area contributed by atoms with E-state index < -0.39 is 15.9 Å². The van der Waals surface area contributed by atoms with Crippen molar-refractivity contribution in [2.75, 3.05) is 18.1 Å². The lowest BCUT2D eigenvalue weighted by Crippen LogP contribution is -2.41. The first kappa shape index (κ1) is 27.7. The van der Waals surface area contributed by atoms with E-state index in [4.69, 9.17) is 9.72 Å². The standard InChI is InChI=1S/C29H39N7O4S/c1-20-23-18-30-35(20)14-6-5-7-21-17-28(2,3)34(19-21)26-22(27(37)33-41(23,38)39)8-9-24(31-26)36-15-10-25(32-36)40-16-13-29(4)11-12-29/h8-10,15,18,21H,5-7,11-14,16-17,19H2,1-4H3,(H,33,37). The fourth-order valence-electron chi connectivity index (χ4n) is 6.12. The van der Waals surface area contributed by atoms with Crippen molar-refractivity contribution >= 4 is 21.7 Å². The molecule has 1 aliphatic carbocycles. The first-order chi connectivity index (χ1) is 19.4. The third-order valence-corrected chi connectivity index (χ3v) is 10.4. The maximum absolute atomic E-state index is 13.6. The summed E-state index contributed by atoms with van der Waals surface area (Å²) < 4.78 is 38.1. The molecular weight excluding hydrogens is 542 g/mol. The number of rotatable bonds is 5. The van der Waals surface area contributed by atoms with Gasteiger partial charge in [-0.05, 0) is 82.8 Å². The summed E-state index contributed by atoms with van der Waals surface area (Å²) in [5.41, 5.74) is 0.847. The zero-order valence-electron chi connectivity index (χ0n) is 24.3. The number of hydrogen-bond donors (Lipinski definition) is 1. The molecule has 0 radical (unpaired) electrons. The van der Waals surface area contributed by atoms with E-state index in [0.29, 0.717) is 47.7 Å². The molecule has 4 bridgehead atoms. The molecular formula is C29H39N7O4S. The minimum atomic E-state index is -4.14. The molecule has 11 nitrogen and oxygen atoms in total. The van der Waals surface area contributed by atoms with Gasteiger partial charge in [0.2, 0.25) is 5.88 Å². The SMILES string of the molecule is Cc1c2cnn1CCCCC1CN(c3nc(-n4ccc(OCCC5(C)CC5)n4)ccc3C(=O)NS2(=O)=O)C(C)(C)C1. The molecule has 1 N–H and O–H groups in total. The molecule has 0 spiro atoms. The summed E-state index contributed by atoms with van der Waals surface area (Å²) in [6.45, 7) is 10.3. The molecule has 2 aliphatic heterocycles. The monoisotopic (exact) mass is 581 g/mol. The summed E-state index contributed by atoms with van der Waals surface area (Å²) in [5.74, 6) is 1.20. The Kier molecular flexibility index (Phi) is 6.87. The molecule has 12 heteroatoms. The Bertz CT molecular complexity index is 1570. The van der Waals surface area contributed by atoms with Gasteiger partial charge in [0, 0.05) is 30.9 Å². The highest BCUT2D eigenvalue weighted by Crippen LogP contribution is 2.48. The average Bonchev–Trinajstić information content (AvgIpc) is 3.21. The first-order valence-electron chi connectivity index (χ1n) is 14.5. The lowest BCUT2D eigenvalue weighted by atomic mass is 9.93. The predicted molar refractivity (Wildman–Crippen MR) is 154 cm³/mol. The van der Waals surface area contributed by atoms with E-state index in [0.717, 1.165) is 38.6 Å². The molecule has 1 atom stereocenters. The number of carbonyl (C=O) groups is 1. The van der Waals surface area contributed by atoms with Crippen LogP contribution in [-0.2, 0) is 16.6 Å². The predicted octanol–water partition coefficient (Wildman–Crippen LogP) is 4.25. The number of ether oxygens (including phenoxy) is 1. The fraction of sp³-hybridized carbons (Fsp3) is 0.586. The molecule has 220 valence electrons. The van der Waals surface area contributed by atoms with Crippen molar-refractivity contribution in [3.63, 3.8) is 0 Å². The number of aryl methyl sites for hydroxylation is 1. The van der Waals surface area contributed by atoms with Gasteiger partial charge in [0.1, 0.15) is 10.7 Å². The van der Waals surface area contributed by atoms with Crippen LogP contribution in [0.2, 0.25) is 0 Å². The lowest BCUT2D eigenvalue weighted by molar-refractivity contribution is 0.0981. The molecule has 3 aromatic heterocycles. The topological polar surface area (TPSA) is 124 Å². The van der Waals surface area contributed by atoms with Crippen LogP contribution in [0.25, 0.3) is 5.82 Å². The Labute approximate surface area is 241 Å². The number of fused-ring (bicyclic) bond motifs is 6. The van der Waals surface area contributed by atoms with Gasteiger partial charge in [0.25, 0.3) is 15.9 Å². The minimum Gasteiger partial charge on any atom is -0.477 e. The zero-order valence-corrected chi connectivity index (χ0v) is 25.1. The Morgan fingerprint density at radius 1 is 1.15 bits per heavy atom. The Balaban J connectivity index is 1.35. The van der Waals surface area contributed by atoms with Crippen LogP contribution in [0.5, 0.6) is 5.88 Å². The normalized spacial score (nSPS) is 22.8. The highest BCUT2D eigenvalue weighted by atomic mass is 32.2. The second-order valence-corrected chi connectivity index (χ2v) is 14.4. The Morgan fingerprint density at radius 3 is 2.73 bits per heavy atom. The van der Waals surface area contributed by atoms with Crippen LogP contribution in [0.1, 0.15) is 81.8 Å². The Morgan fingerprint density at radius 2 is 1.95 bits per heavy atom. The van der Waals surface area contributed by atoms with Gasteiger partial charge in [-0.1, -0.05) is 13.3 Å². The molecule has 2 fully saturated rings. The Hall–Kier alpha value is -3.41. The second-order valence-electron chi connectivity index (χ2n) is 12.8. The van der Waals surface area contributed by atoms with Gasteiger partial charge < -0.3 is 9.64 Å². The molecule has 1 amide bonds. The molecule has 1 saturated heterocycles. The number of anilines is 1. The molecule has 1 unspecified atom stereocenters. The summed E-state index contributed by atoms with van der Waals surface area (Å²) in [5, 5.41) is 8.86. The number of amides is 1. The van der Waals surface area contributed by atoms with Gasteiger partial charge in [0.15, 0.2) is 5.82 Å². The second kappa shape index (κ2) is 10.1. The van der Waals surface area contributed by atoms with Crippen molar-refractivity contribution in [3.8, 4) is 11.7 Å². The van der Waals surface area contributed by atoms with E-state index >= 15 is 0 Å². The third kappa shape index (κ3) is 5.58. The highest BCUT2D eigenvalue weighted by Gasteiger charge is 2.41. The molecule has 41 heavy (non-hydrogen) atoms. The van der Waals surface area contributed by atoms with Crippen LogP contribution in [0, 0.1) is 18.3 Å². The average molecular weight is 582 g/mol. The van der Waals surface area contributed by atoms with Crippen molar-refractivity contribution in [2.45, 2.75) is 89.6 Å². The summed E-state index contributed by atoms with van der Waals surface area (Å²) in [4.78, 5) is 20.7. The summed E-state index contributed by atoms with van der Waals surface area (Å²) in [6.07, 6.45) is 10.5. The zero-order chi connectivity index (χ0) is 29.0. The molecule has 5 heterocycles. The first-order valence-corrected chi connectivity index (χ1v) is 16.0. The molecule has 3 aliphatic rings. The largest absolute Gasteiger partial charge is 0.477 e. The van der Waals surface area contributed by atoms with Gasteiger partial charge in [-0.15, -0.1) is 5.10 Å². The number of pyridine rings is 1. The quantitative estimate of drug-likeness (QED) is 0.474.